The Morgan fingerprint density at radius 1 is 0.950 bits per heavy atom. The minimum Gasteiger partial charge on any atom is -0.493 e. The summed E-state index contributed by atoms with van der Waals surface area (Å²) >= 11 is 0. The van der Waals surface area contributed by atoms with Crippen LogP contribution in [-0.2, 0) is 17.8 Å². The number of ether oxygens (including phenoxy) is 2. The number of carbonyl (C=O) groups excluding carboxylic acids is 2. The minimum absolute atomic E-state index is 0.0573. The monoisotopic (exact) mass is 543 g/mol. The molecule has 0 aliphatic rings. The predicted molar refractivity (Wildman–Crippen MR) is 157 cm³/mol. The van der Waals surface area contributed by atoms with Gasteiger partial charge in [0, 0.05) is 18.0 Å². The van der Waals surface area contributed by atoms with E-state index in [0.717, 1.165) is 16.3 Å². The maximum absolute atomic E-state index is 13.7. The molecule has 0 spiro atoms. The topological polar surface area (TPSA) is 84.2 Å². The molecule has 0 radical (unpaired) electrons. The van der Waals surface area contributed by atoms with E-state index in [0.29, 0.717) is 48.9 Å². The minimum atomic E-state index is -0.308. The van der Waals surface area contributed by atoms with Crippen molar-refractivity contribution in [2.75, 3.05) is 32.6 Å². The predicted octanol–water partition coefficient (Wildman–Crippen LogP) is 6.35. The largest absolute Gasteiger partial charge is 0.493 e. The van der Waals surface area contributed by atoms with Crippen LogP contribution >= 0.6 is 0 Å². The Morgan fingerprint density at radius 3 is 2.45 bits per heavy atom. The smallest absolute Gasteiger partial charge is 0.322 e. The summed E-state index contributed by atoms with van der Waals surface area (Å²) < 4.78 is 16.3. The molecule has 0 fully saturated rings. The average molecular weight is 544 g/mol. The Labute approximate surface area is 235 Å². The van der Waals surface area contributed by atoms with Crippen molar-refractivity contribution in [2.45, 2.75) is 39.3 Å². The van der Waals surface area contributed by atoms with Crippen LogP contribution in [0.25, 0.3) is 10.8 Å². The van der Waals surface area contributed by atoms with Gasteiger partial charge in [0.1, 0.15) is 12.3 Å². The molecule has 0 saturated heterocycles. The summed E-state index contributed by atoms with van der Waals surface area (Å²) in [6.07, 6.45) is 2.90. The van der Waals surface area contributed by atoms with Crippen molar-refractivity contribution in [2.24, 2.45) is 0 Å². The van der Waals surface area contributed by atoms with E-state index < -0.39 is 0 Å². The lowest BCUT2D eigenvalue weighted by Crippen LogP contribution is -2.48. The fourth-order valence-electron chi connectivity index (χ4n) is 4.60. The second-order valence-electron chi connectivity index (χ2n) is 9.68. The number of rotatable bonds is 12. The first-order chi connectivity index (χ1) is 19.4. The van der Waals surface area contributed by atoms with Crippen LogP contribution in [0.4, 0.5) is 10.5 Å². The van der Waals surface area contributed by atoms with Crippen molar-refractivity contribution >= 4 is 28.4 Å². The lowest BCUT2D eigenvalue weighted by Gasteiger charge is -2.31. The molecular weight excluding hydrogens is 506 g/mol. The summed E-state index contributed by atoms with van der Waals surface area (Å²) in [5.41, 5.74) is 1.71. The first kappa shape index (κ1) is 28.5. The second kappa shape index (κ2) is 13.6. The SMILES string of the molecule is CCC(C)N(CC(=O)N(CCc1ccc(OC)c(OC)c1)Cc1ccco1)C(=O)Nc1cccc2ccccc12. The fourth-order valence-corrected chi connectivity index (χ4v) is 4.60. The number of hydrogen-bond donors (Lipinski definition) is 1. The third-order valence-corrected chi connectivity index (χ3v) is 7.12. The highest BCUT2D eigenvalue weighted by molar-refractivity contribution is 6.02. The Balaban J connectivity index is 1.52. The van der Waals surface area contributed by atoms with Crippen molar-refractivity contribution in [3.63, 3.8) is 0 Å². The summed E-state index contributed by atoms with van der Waals surface area (Å²) in [5.74, 6) is 1.80. The average Bonchev–Trinajstić information content (AvgIpc) is 3.50. The summed E-state index contributed by atoms with van der Waals surface area (Å²) in [7, 11) is 3.20. The first-order valence-corrected chi connectivity index (χ1v) is 13.5. The van der Waals surface area contributed by atoms with Gasteiger partial charge in [-0.15, -0.1) is 0 Å². The van der Waals surface area contributed by atoms with Crippen molar-refractivity contribution in [3.8, 4) is 11.5 Å². The molecule has 3 aromatic carbocycles. The standard InChI is InChI=1S/C32H37N3O5/c1-5-23(2)35(32(37)33-28-14-8-11-25-10-6-7-13-27(25)28)22-31(36)34(21-26-12-9-19-40-26)18-17-24-15-16-29(38-3)30(20-24)39-4/h6-16,19-20,23H,5,17-18,21-22H2,1-4H3,(H,33,37). The highest BCUT2D eigenvalue weighted by atomic mass is 16.5. The van der Waals surface area contributed by atoms with Gasteiger partial charge in [0.2, 0.25) is 5.91 Å². The molecule has 8 nitrogen and oxygen atoms in total. The van der Waals surface area contributed by atoms with Crippen LogP contribution in [0.15, 0.2) is 83.5 Å². The van der Waals surface area contributed by atoms with Crippen LogP contribution in [0, 0.1) is 0 Å². The molecule has 8 heteroatoms. The highest BCUT2D eigenvalue weighted by Crippen LogP contribution is 2.28. The number of furan rings is 1. The summed E-state index contributed by atoms with van der Waals surface area (Å²) in [6.45, 7) is 4.65. The van der Waals surface area contributed by atoms with Crippen LogP contribution in [0.2, 0.25) is 0 Å². The normalized spacial score (nSPS) is 11.6. The second-order valence-corrected chi connectivity index (χ2v) is 9.68. The number of anilines is 1. The highest BCUT2D eigenvalue weighted by Gasteiger charge is 2.26. The maximum atomic E-state index is 13.7. The molecule has 1 unspecified atom stereocenters. The van der Waals surface area contributed by atoms with E-state index in [9.17, 15) is 9.59 Å². The van der Waals surface area contributed by atoms with Gasteiger partial charge in [-0.05, 0) is 61.0 Å². The van der Waals surface area contributed by atoms with E-state index in [1.807, 2.05) is 80.6 Å². The van der Waals surface area contributed by atoms with Crippen molar-refractivity contribution in [1.29, 1.82) is 0 Å². The van der Waals surface area contributed by atoms with Gasteiger partial charge in [-0.3, -0.25) is 4.79 Å². The van der Waals surface area contributed by atoms with Gasteiger partial charge in [-0.25, -0.2) is 4.79 Å². The number of hydrogen-bond acceptors (Lipinski definition) is 5. The number of fused-ring (bicyclic) bond motifs is 1. The molecule has 3 amide bonds. The van der Waals surface area contributed by atoms with Gasteiger partial charge in [0.15, 0.2) is 11.5 Å². The number of methoxy groups -OCH3 is 2. The lowest BCUT2D eigenvalue weighted by atomic mass is 10.1. The first-order valence-electron chi connectivity index (χ1n) is 13.5. The van der Waals surface area contributed by atoms with E-state index in [1.54, 1.807) is 36.3 Å². The third-order valence-electron chi connectivity index (χ3n) is 7.12. The van der Waals surface area contributed by atoms with E-state index >= 15 is 0 Å². The van der Waals surface area contributed by atoms with Crippen molar-refractivity contribution < 1.29 is 23.5 Å². The van der Waals surface area contributed by atoms with Gasteiger partial charge in [-0.1, -0.05) is 49.4 Å². The molecule has 1 N–H and O–H groups in total. The Morgan fingerprint density at radius 2 is 1.73 bits per heavy atom. The van der Waals surface area contributed by atoms with Gasteiger partial charge >= 0.3 is 6.03 Å². The van der Waals surface area contributed by atoms with Gasteiger partial charge in [-0.2, -0.15) is 0 Å². The zero-order valence-corrected chi connectivity index (χ0v) is 23.6. The van der Waals surface area contributed by atoms with E-state index in [1.165, 1.54) is 0 Å². The van der Waals surface area contributed by atoms with Crippen LogP contribution in [0.1, 0.15) is 31.6 Å². The number of carbonyl (C=O) groups is 2. The summed E-state index contributed by atoms with van der Waals surface area (Å²) in [4.78, 5) is 30.6. The zero-order chi connectivity index (χ0) is 28.5. The van der Waals surface area contributed by atoms with E-state index in [2.05, 4.69) is 5.32 Å². The molecule has 1 heterocycles. The molecular formula is C32H37N3O5. The van der Waals surface area contributed by atoms with Crippen molar-refractivity contribution in [1.82, 2.24) is 9.80 Å². The zero-order valence-electron chi connectivity index (χ0n) is 23.6. The molecule has 0 bridgehead atoms. The van der Waals surface area contributed by atoms with E-state index in [-0.39, 0.29) is 24.5 Å². The quantitative estimate of drug-likeness (QED) is 0.225. The van der Waals surface area contributed by atoms with Gasteiger partial charge in [0.25, 0.3) is 0 Å². The number of benzene rings is 3. The number of nitrogens with zero attached hydrogens (tertiary/aromatic N) is 2. The number of nitrogens with one attached hydrogen (secondary N) is 1. The lowest BCUT2D eigenvalue weighted by molar-refractivity contribution is -0.133. The molecule has 0 aliphatic carbocycles. The number of urea groups is 1. The Bertz CT molecular complexity index is 1410. The summed E-state index contributed by atoms with van der Waals surface area (Å²) in [6, 6.07) is 22.6. The third kappa shape index (κ3) is 6.94. The van der Waals surface area contributed by atoms with Gasteiger partial charge in [0.05, 0.1) is 32.7 Å². The Hall–Kier alpha value is -4.46. The molecule has 4 aromatic rings. The Kier molecular flexibility index (Phi) is 9.67. The summed E-state index contributed by atoms with van der Waals surface area (Å²) in [5, 5.41) is 5.02. The molecule has 4 rings (SSSR count). The molecule has 1 aromatic heterocycles. The molecule has 0 aliphatic heterocycles. The molecule has 0 saturated carbocycles. The van der Waals surface area contributed by atoms with Crippen LogP contribution < -0.4 is 14.8 Å². The van der Waals surface area contributed by atoms with Gasteiger partial charge < -0.3 is 29.0 Å². The van der Waals surface area contributed by atoms with Crippen LogP contribution in [0.5, 0.6) is 11.5 Å². The maximum Gasteiger partial charge on any atom is 0.322 e. The number of amides is 3. The molecule has 40 heavy (non-hydrogen) atoms. The van der Waals surface area contributed by atoms with Crippen LogP contribution in [-0.4, -0.2) is 55.1 Å². The fraction of sp³-hybridized carbons (Fsp3) is 0.312. The van der Waals surface area contributed by atoms with E-state index in [4.69, 9.17) is 13.9 Å². The van der Waals surface area contributed by atoms with Crippen molar-refractivity contribution in [3.05, 3.63) is 90.4 Å². The molecule has 1 atom stereocenters. The van der Waals surface area contributed by atoms with Crippen LogP contribution in [0.3, 0.4) is 0 Å². The molecule has 210 valence electrons.